The van der Waals surface area contributed by atoms with E-state index in [1.807, 2.05) is 17.7 Å². The Labute approximate surface area is 99.6 Å². The Morgan fingerprint density at radius 2 is 2.41 bits per heavy atom. The smallest absolute Gasteiger partial charge is 0.134 e. The quantitative estimate of drug-likeness (QED) is 0.860. The molecule has 1 fully saturated rings. The number of rotatable bonds is 2. The van der Waals surface area contributed by atoms with Crippen LogP contribution < -0.4 is 5.32 Å². The molecule has 0 spiro atoms. The predicted molar refractivity (Wildman–Crippen MR) is 65.4 cm³/mol. The molecule has 1 aromatic heterocycles. The van der Waals surface area contributed by atoms with Crippen LogP contribution in [0.25, 0.3) is 10.9 Å². The highest BCUT2D eigenvalue weighted by atomic mass is 19.1. The number of halogens is 1. The van der Waals surface area contributed by atoms with E-state index in [9.17, 15) is 4.39 Å². The van der Waals surface area contributed by atoms with Crippen molar-refractivity contribution in [1.29, 1.82) is 0 Å². The first kappa shape index (κ1) is 10.7. The van der Waals surface area contributed by atoms with E-state index in [1.165, 1.54) is 12.5 Å². The van der Waals surface area contributed by atoms with E-state index < -0.39 is 0 Å². The molecule has 2 aromatic rings. The maximum absolute atomic E-state index is 13.7. The molecule has 17 heavy (non-hydrogen) atoms. The fourth-order valence-electron chi connectivity index (χ4n) is 2.62. The van der Waals surface area contributed by atoms with Crippen LogP contribution in [0.4, 0.5) is 4.39 Å². The van der Waals surface area contributed by atoms with Crippen molar-refractivity contribution in [3.63, 3.8) is 0 Å². The molecule has 4 heteroatoms. The average Bonchev–Trinajstić information content (AvgIpc) is 2.90. The maximum Gasteiger partial charge on any atom is 0.134 e. The molecule has 1 N–H and O–H groups in total. The Kier molecular flexibility index (Phi) is 2.59. The lowest BCUT2D eigenvalue weighted by molar-refractivity contribution is 0.458. The number of hydrogen-bond acceptors (Lipinski definition) is 2. The molecule has 3 nitrogen and oxygen atoms in total. The van der Waals surface area contributed by atoms with Gasteiger partial charge in [0.25, 0.3) is 0 Å². The minimum Gasteiger partial charge on any atom is -0.316 e. The lowest BCUT2D eigenvalue weighted by Crippen LogP contribution is -2.15. The largest absolute Gasteiger partial charge is 0.316 e. The number of nitrogens with one attached hydrogen (secondary N) is 1. The summed E-state index contributed by atoms with van der Waals surface area (Å²) in [5.74, 6) is 0.441. The number of aryl methyl sites for hydroxylation is 1. The molecular formula is C13H16FN3. The van der Waals surface area contributed by atoms with Gasteiger partial charge in [-0.15, -0.1) is 0 Å². The Morgan fingerprint density at radius 1 is 1.53 bits per heavy atom. The van der Waals surface area contributed by atoms with Gasteiger partial charge in [0.2, 0.25) is 0 Å². The van der Waals surface area contributed by atoms with Crippen LogP contribution in [0.1, 0.15) is 12.1 Å². The van der Waals surface area contributed by atoms with Crippen LogP contribution in [0.2, 0.25) is 0 Å². The third kappa shape index (κ3) is 1.82. The highest BCUT2D eigenvalue weighted by Crippen LogP contribution is 2.23. The van der Waals surface area contributed by atoms with Gasteiger partial charge in [-0.1, -0.05) is 6.07 Å². The van der Waals surface area contributed by atoms with E-state index in [-0.39, 0.29) is 5.82 Å². The summed E-state index contributed by atoms with van der Waals surface area (Å²) in [5, 5.41) is 8.47. The second-order valence-corrected chi connectivity index (χ2v) is 4.76. The van der Waals surface area contributed by atoms with Crippen molar-refractivity contribution in [2.45, 2.75) is 19.9 Å². The maximum atomic E-state index is 13.7. The minimum absolute atomic E-state index is 0.171. The van der Waals surface area contributed by atoms with Gasteiger partial charge in [-0.3, -0.25) is 4.68 Å². The van der Waals surface area contributed by atoms with E-state index in [2.05, 4.69) is 10.4 Å². The van der Waals surface area contributed by atoms with E-state index in [0.717, 1.165) is 30.8 Å². The Hall–Kier alpha value is -1.42. The summed E-state index contributed by atoms with van der Waals surface area (Å²) in [6, 6.07) is 5.20. The third-order valence-electron chi connectivity index (χ3n) is 3.50. The zero-order chi connectivity index (χ0) is 11.8. The normalized spacial score (nSPS) is 20.2. The van der Waals surface area contributed by atoms with Crippen LogP contribution in [0, 0.1) is 18.7 Å². The second kappa shape index (κ2) is 4.11. The molecule has 1 unspecified atom stereocenters. The molecule has 3 rings (SSSR count). The van der Waals surface area contributed by atoms with Gasteiger partial charge in [0.05, 0.1) is 16.6 Å². The molecule has 0 amide bonds. The number of hydrogen-bond donors (Lipinski definition) is 1. The SMILES string of the molecule is Cc1nn(CC2CCNC2)c2cccc(F)c12. The van der Waals surface area contributed by atoms with Crippen molar-refractivity contribution in [3.8, 4) is 0 Å². The fourth-order valence-corrected chi connectivity index (χ4v) is 2.62. The molecule has 0 bridgehead atoms. The first-order chi connectivity index (χ1) is 8.25. The van der Waals surface area contributed by atoms with Crippen molar-refractivity contribution in [3.05, 3.63) is 29.7 Å². The predicted octanol–water partition coefficient (Wildman–Crippen LogP) is 2.09. The fraction of sp³-hybridized carbons (Fsp3) is 0.462. The summed E-state index contributed by atoms with van der Waals surface area (Å²) >= 11 is 0. The minimum atomic E-state index is -0.171. The summed E-state index contributed by atoms with van der Waals surface area (Å²) in [7, 11) is 0. The topological polar surface area (TPSA) is 29.9 Å². The van der Waals surface area contributed by atoms with Crippen molar-refractivity contribution in [2.75, 3.05) is 13.1 Å². The third-order valence-corrected chi connectivity index (χ3v) is 3.50. The molecule has 1 aromatic carbocycles. The van der Waals surface area contributed by atoms with Crippen molar-refractivity contribution in [1.82, 2.24) is 15.1 Å². The molecule has 90 valence electrons. The lowest BCUT2D eigenvalue weighted by Gasteiger charge is -2.09. The number of aromatic nitrogens is 2. The van der Waals surface area contributed by atoms with Gasteiger partial charge in [0.15, 0.2) is 0 Å². The molecule has 0 aliphatic carbocycles. The van der Waals surface area contributed by atoms with E-state index >= 15 is 0 Å². The van der Waals surface area contributed by atoms with Gasteiger partial charge in [0.1, 0.15) is 5.82 Å². The standard InChI is InChI=1S/C13H16FN3/c1-9-13-11(14)3-2-4-12(13)17(16-9)8-10-5-6-15-7-10/h2-4,10,15H,5-8H2,1H3. The summed E-state index contributed by atoms with van der Waals surface area (Å²) in [5.41, 5.74) is 1.69. The lowest BCUT2D eigenvalue weighted by atomic mass is 10.1. The van der Waals surface area contributed by atoms with Crippen LogP contribution in [0.15, 0.2) is 18.2 Å². The number of nitrogens with zero attached hydrogens (tertiary/aromatic N) is 2. The van der Waals surface area contributed by atoms with Gasteiger partial charge in [0, 0.05) is 6.54 Å². The summed E-state index contributed by atoms with van der Waals surface area (Å²) in [4.78, 5) is 0. The van der Waals surface area contributed by atoms with Crippen LogP contribution in [0.5, 0.6) is 0 Å². The molecule has 1 saturated heterocycles. The molecule has 0 radical (unpaired) electrons. The Morgan fingerprint density at radius 3 is 3.18 bits per heavy atom. The van der Waals surface area contributed by atoms with Gasteiger partial charge < -0.3 is 5.32 Å². The number of fused-ring (bicyclic) bond motifs is 1. The zero-order valence-corrected chi connectivity index (χ0v) is 9.91. The van der Waals surface area contributed by atoms with Gasteiger partial charge in [-0.05, 0) is 44.5 Å². The summed E-state index contributed by atoms with van der Waals surface area (Å²) < 4.78 is 15.7. The molecule has 1 atom stereocenters. The molecule has 0 saturated carbocycles. The molecule has 2 heterocycles. The summed E-state index contributed by atoms with van der Waals surface area (Å²) in [6.45, 7) is 4.86. The van der Waals surface area contributed by atoms with Crippen molar-refractivity contribution >= 4 is 10.9 Å². The van der Waals surface area contributed by atoms with Crippen molar-refractivity contribution < 1.29 is 4.39 Å². The zero-order valence-electron chi connectivity index (χ0n) is 9.91. The van der Waals surface area contributed by atoms with Gasteiger partial charge in [-0.25, -0.2) is 4.39 Å². The highest BCUT2D eigenvalue weighted by Gasteiger charge is 2.18. The van der Waals surface area contributed by atoms with Crippen LogP contribution in [-0.2, 0) is 6.54 Å². The monoisotopic (exact) mass is 233 g/mol. The molecular weight excluding hydrogens is 217 g/mol. The highest BCUT2D eigenvalue weighted by molar-refractivity contribution is 5.82. The van der Waals surface area contributed by atoms with Crippen molar-refractivity contribution in [2.24, 2.45) is 5.92 Å². The van der Waals surface area contributed by atoms with E-state index in [0.29, 0.717) is 11.3 Å². The van der Waals surface area contributed by atoms with Crippen LogP contribution in [-0.4, -0.2) is 22.9 Å². The van der Waals surface area contributed by atoms with Crippen LogP contribution in [0.3, 0.4) is 0 Å². The first-order valence-corrected chi connectivity index (χ1v) is 6.08. The van der Waals surface area contributed by atoms with Gasteiger partial charge >= 0.3 is 0 Å². The first-order valence-electron chi connectivity index (χ1n) is 6.08. The molecule has 1 aliphatic rings. The summed E-state index contributed by atoms with van der Waals surface area (Å²) in [6.07, 6.45) is 1.18. The Balaban J connectivity index is 2.01. The molecule has 1 aliphatic heterocycles. The Bertz CT molecular complexity index is 541. The van der Waals surface area contributed by atoms with E-state index in [1.54, 1.807) is 6.07 Å². The average molecular weight is 233 g/mol. The number of benzene rings is 1. The second-order valence-electron chi connectivity index (χ2n) is 4.76. The van der Waals surface area contributed by atoms with Gasteiger partial charge in [-0.2, -0.15) is 5.10 Å². The van der Waals surface area contributed by atoms with Crippen LogP contribution >= 0.6 is 0 Å². The van der Waals surface area contributed by atoms with E-state index in [4.69, 9.17) is 0 Å².